The van der Waals surface area contributed by atoms with Crippen molar-refractivity contribution >= 4 is 0 Å². The van der Waals surface area contributed by atoms with E-state index in [1.54, 1.807) is 24.3 Å². The first kappa shape index (κ1) is 22.3. The lowest BCUT2D eigenvalue weighted by atomic mass is 10.1. The number of aryl methyl sites for hydroxylation is 2. The molecule has 3 rings (SSSR count). The van der Waals surface area contributed by atoms with Gasteiger partial charge in [-0.05, 0) is 72.9 Å². The monoisotopic (exact) mass is 412 g/mol. The van der Waals surface area contributed by atoms with E-state index in [1.807, 2.05) is 12.1 Å². The fraction of sp³-hybridized carbons (Fsp3) is 0.241. The fourth-order valence-electron chi connectivity index (χ4n) is 3.22. The number of hydrogen-bond acceptors (Lipinski definition) is 0. The van der Waals surface area contributed by atoms with Gasteiger partial charge >= 0.3 is 0 Å². The average molecular weight is 413 g/mol. The van der Waals surface area contributed by atoms with Gasteiger partial charge in [0.25, 0.3) is 0 Å². The third kappa shape index (κ3) is 6.56. The van der Waals surface area contributed by atoms with Crippen molar-refractivity contribution in [2.45, 2.75) is 46.0 Å². The van der Waals surface area contributed by atoms with E-state index in [1.165, 1.54) is 17.7 Å². The molecule has 0 aliphatic carbocycles. The van der Waals surface area contributed by atoms with Gasteiger partial charge in [0, 0.05) is 16.7 Å². The molecule has 0 unspecified atom stereocenters. The Kier molecular flexibility index (Phi) is 8.03. The van der Waals surface area contributed by atoms with Gasteiger partial charge in [-0.1, -0.05) is 68.6 Å². The van der Waals surface area contributed by atoms with Gasteiger partial charge in [0.05, 0.1) is 5.56 Å². The Bertz CT molecular complexity index is 1150. The molecule has 0 N–H and O–H groups in total. The van der Waals surface area contributed by atoms with Crippen molar-refractivity contribution in [1.82, 2.24) is 0 Å². The molecule has 0 aromatic heterocycles. The summed E-state index contributed by atoms with van der Waals surface area (Å²) in [6.07, 6.45) is 4.85. The van der Waals surface area contributed by atoms with E-state index >= 15 is 0 Å². The highest BCUT2D eigenvalue weighted by molar-refractivity contribution is 5.49. The summed E-state index contributed by atoms with van der Waals surface area (Å²) in [6.45, 7) is 4.23. The third-order valence-corrected chi connectivity index (χ3v) is 5.01. The Morgan fingerprint density at radius 3 is 1.87 bits per heavy atom. The van der Waals surface area contributed by atoms with Gasteiger partial charge in [-0.25, -0.2) is 8.78 Å². The van der Waals surface area contributed by atoms with Crippen LogP contribution in [0.4, 0.5) is 8.78 Å². The molecule has 3 aromatic rings. The van der Waals surface area contributed by atoms with E-state index in [4.69, 9.17) is 0 Å². The van der Waals surface area contributed by atoms with E-state index in [9.17, 15) is 8.78 Å². The van der Waals surface area contributed by atoms with Gasteiger partial charge in [0.15, 0.2) is 0 Å². The number of benzene rings is 3. The molecule has 0 spiro atoms. The minimum atomic E-state index is -0.433. The topological polar surface area (TPSA) is 0 Å². The smallest absolute Gasteiger partial charge is 0.140 e. The van der Waals surface area contributed by atoms with Crippen LogP contribution in [0.1, 0.15) is 66.5 Å². The third-order valence-electron chi connectivity index (χ3n) is 5.01. The Morgan fingerprint density at radius 1 is 0.613 bits per heavy atom. The van der Waals surface area contributed by atoms with Crippen LogP contribution >= 0.6 is 0 Å². The quantitative estimate of drug-likeness (QED) is 0.394. The van der Waals surface area contributed by atoms with Gasteiger partial charge in [-0.15, -0.1) is 0 Å². The normalized spacial score (nSPS) is 10.1. The summed E-state index contributed by atoms with van der Waals surface area (Å²) in [6, 6.07) is 17.8. The predicted molar refractivity (Wildman–Crippen MR) is 124 cm³/mol. The summed E-state index contributed by atoms with van der Waals surface area (Å²) >= 11 is 0. The number of unbranched alkanes of at least 4 members (excludes halogenated alkanes) is 1. The molecule has 0 aliphatic heterocycles. The van der Waals surface area contributed by atoms with Crippen LogP contribution < -0.4 is 0 Å². The minimum Gasteiger partial charge on any atom is -0.207 e. The molecule has 0 saturated heterocycles. The zero-order chi connectivity index (χ0) is 22.1. The van der Waals surface area contributed by atoms with Crippen LogP contribution in [0.3, 0.4) is 0 Å². The lowest BCUT2D eigenvalue weighted by Gasteiger charge is -2.02. The van der Waals surface area contributed by atoms with Gasteiger partial charge in [-0.2, -0.15) is 0 Å². The van der Waals surface area contributed by atoms with Crippen LogP contribution in [0.5, 0.6) is 0 Å². The van der Waals surface area contributed by atoms with Crippen molar-refractivity contribution in [3.05, 3.63) is 106 Å². The highest BCUT2D eigenvalue weighted by Crippen LogP contribution is 2.14. The molecule has 31 heavy (non-hydrogen) atoms. The summed E-state index contributed by atoms with van der Waals surface area (Å²) < 4.78 is 28.6. The van der Waals surface area contributed by atoms with E-state index in [0.717, 1.165) is 37.7 Å². The van der Waals surface area contributed by atoms with Crippen LogP contribution in [-0.2, 0) is 12.8 Å². The van der Waals surface area contributed by atoms with E-state index in [-0.39, 0.29) is 11.4 Å². The van der Waals surface area contributed by atoms with E-state index < -0.39 is 5.82 Å². The Hall–Kier alpha value is -3.36. The van der Waals surface area contributed by atoms with Crippen LogP contribution in [-0.4, -0.2) is 0 Å². The molecule has 156 valence electrons. The first-order valence-corrected chi connectivity index (χ1v) is 10.8. The maximum absolute atomic E-state index is 14.5. The molecule has 0 saturated carbocycles. The second-order valence-electron chi connectivity index (χ2n) is 7.55. The number of halogens is 2. The predicted octanol–water partition coefficient (Wildman–Crippen LogP) is 7.06. The standard InChI is InChI=1S/C29H26F2/c1-3-5-7-26-17-14-25(21-28(26)30)16-19-27-18-15-24(20-29(27)31)13-12-23-10-8-22(6-4-2)9-11-23/h8-11,14-15,17-18,20-21H,3-7H2,1-2H3. The van der Waals surface area contributed by atoms with Crippen LogP contribution in [0, 0.1) is 35.3 Å². The first-order valence-electron chi connectivity index (χ1n) is 10.8. The SMILES string of the molecule is CCCCc1ccc(C#Cc2ccc(C#Cc3ccc(CCC)cc3)cc2F)cc1F. The summed E-state index contributed by atoms with van der Waals surface area (Å²) in [4.78, 5) is 0. The second-order valence-corrected chi connectivity index (χ2v) is 7.55. The Balaban J connectivity index is 1.72. The number of hydrogen-bond donors (Lipinski definition) is 0. The van der Waals surface area contributed by atoms with Crippen molar-refractivity contribution in [3.8, 4) is 23.7 Å². The molecular formula is C29H26F2. The van der Waals surface area contributed by atoms with Crippen molar-refractivity contribution in [2.75, 3.05) is 0 Å². The Labute approximate surface area is 184 Å². The van der Waals surface area contributed by atoms with E-state index in [0.29, 0.717) is 16.7 Å². The van der Waals surface area contributed by atoms with Crippen molar-refractivity contribution in [2.24, 2.45) is 0 Å². The highest BCUT2D eigenvalue weighted by Gasteiger charge is 2.03. The fourth-order valence-corrected chi connectivity index (χ4v) is 3.22. The van der Waals surface area contributed by atoms with Gasteiger partial charge in [0.1, 0.15) is 11.6 Å². The molecule has 0 radical (unpaired) electrons. The second kappa shape index (κ2) is 11.1. The van der Waals surface area contributed by atoms with Crippen LogP contribution in [0.2, 0.25) is 0 Å². The molecule has 3 aromatic carbocycles. The molecule has 0 bridgehead atoms. The maximum Gasteiger partial charge on any atom is 0.140 e. The van der Waals surface area contributed by atoms with Crippen LogP contribution in [0.25, 0.3) is 0 Å². The van der Waals surface area contributed by atoms with Crippen molar-refractivity contribution in [1.29, 1.82) is 0 Å². The molecule has 0 nitrogen and oxygen atoms in total. The highest BCUT2D eigenvalue weighted by atomic mass is 19.1. The molecule has 0 fully saturated rings. The zero-order valence-corrected chi connectivity index (χ0v) is 18.1. The first-order chi connectivity index (χ1) is 15.1. The Morgan fingerprint density at radius 2 is 1.23 bits per heavy atom. The van der Waals surface area contributed by atoms with Crippen molar-refractivity contribution < 1.29 is 8.78 Å². The summed E-state index contributed by atoms with van der Waals surface area (Å²) in [5.74, 6) is 11.0. The summed E-state index contributed by atoms with van der Waals surface area (Å²) in [5, 5.41) is 0. The largest absolute Gasteiger partial charge is 0.207 e. The maximum atomic E-state index is 14.5. The summed E-state index contributed by atoms with van der Waals surface area (Å²) in [5.41, 5.74) is 4.28. The van der Waals surface area contributed by atoms with E-state index in [2.05, 4.69) is 49.7 Å². The lowest BCUT2D eigenvalue weighted by molar-refractivity contribution is 0.603. The summed E-state index contributed by atoms with van der Waals surface area (Å²) in [7, 11) is 0. The van der Waals surface area contributed by atoms with Gasteiger partial charge in [0.2, 0.25) is 0 Å². The molecular weight excluding hydrogens is 386 g/mol. The zero-order valence-electron chi connectivity index (χ0n) is 18.1. The van der Waals surface area contributed by atoms with Crippen LogP contribution in [0.15, 0.2) is 60.7 Å². The molecule has 0 atom stereocenters. The molecule has 0 heterocycles. The minimum absolute atomic E-state index is 0.255. The molecule has 0 aliphatic rings. The lowest BCUT2D eigenvalue weighted by Crippen LogP contribution is -1.91. The molecule has 2 heteroatoms. The number of rotatable bonds is 5. The van der Waals surface area contributed by atoms with Gasteiger partial charge in [-0.3, -0.25) is 0 Å². The molecule has 0 amide bonds. The van der Waals surface area contributed by atoms with Crippen molar-refractivity contribution in [3.63, 3.8) is 0 Å². The van der Waals surface area contributed by atoms with Gasteiger partial charge < -0.3 is 0 Å². The average Bonchev–Trinajstić information content (AvgIpc) is 2.77.